The van der Waals surface area contributed by atoms with Gasteiger partial charge in [0.05, 0.1) is 6.33 Å². The van der Waals surface area contributed by atoms with Crippen LogP contribution in [0, 0.1) is 0 Å². The van der Waals surface area contributed by atoms with Crippen LogP contribution >= 0.6 is 11.6 Å². The molecule has 0 radical (unpaired) electrons. The molecule has 0 saturated carbocycles. The molecule has 6 nitrogen and oxygen atoms in total. The third-order valence-corrected chi connectivity index (χ3v) is 2.74. The van der Waals surface area contributed by atoms with Crippen LogP contribution in [0.2, 0.25) is 5.28 Å². The van der Waals surface area contributed by atoms with Crippen molar-refractivity contribution in [2.45, 2.75) is 6.54 Å². The number of halogens is 1. The number of fused-ring (bicyclic) bond motifs is 1. The number of aromatic amines is 1. The van der Waals surface area contributed by atoms with Crippen LogP contribution in [0.1, 0.15) is 5.56 Å². The van der Waals surface area contributed by atoms with Gasteiger partial charge in [-0.2, -0.15) is 4.98 Å². The molecule has 3 rings (SSSR count). The summed E-state index contributed by atoms with van der Waals surface area (Å²) in [5, 5.41) is 0.0432. The van der Waals surface area contributed by atoms with Crippen molar-refractivity contribution in [2.75, 3.05) is 0 Å². The summed E-state index contributed by atoms with van der Waals surface area (Å²) in [6.45, 7) is 0.533. The molecule has 0 saturated heterocycles. The minimum Gasteiger partial charge on any atom is -0.320 e. The topological polar surface area (TPSA) is 76.5 Å². The number of nitrogens with one attached hydrogen (secondary N) is 1. The third kappa shape index (κ3) is 1.86. The van der Waals surface area contributed by atoms with Crippen molar-refractivity contribution in [1.29, 1.82) is 0 Å². The molecule has 0 atom stereocenters. The largest absolute Gasteiger partial charge is 0.320 e. The van der Waals surface area contributed by atoms with Crippen LogP contribution in [0.5, 0.6) is 0 Å². The van der Waals surface area contributed by atoms with Crippen LogP contribution in [-0.4, -0.2) is 24.5 Å². The molecule has 0 unspecified atom stereocenters. The van der Waals surface area contributed by atoms with Gasteiger partial charge in [-0.25, -0.2) is 4.98 Å². The van der Waals surface area contributed by atoms with E-state index in [1.165, 1.54) is 0 Å². The Morgan fingerprint density at radius 3 is 2.89 bits per heavy atom. The number of imidazole rings is 1. The number of nitrogens with zero attached hydrogens (tertiary/aromatic N) is 4. The van der Waals surface area contributed by atoms with E-state index in [9.17, 15) is 4.79 Å². The fraction of sp³-hybridized carbons (Fsp3) is 0.0909. The minimum atomic E-state index is -0.295. The normalized spacial score (nSPS) is 10.9. The molecule has 0 amide bonds. The molecule has 0 fully saturated rings. The molecule has 0 bridgehead atoms. The predicted molar refractivity (Wildman–Crippen MR) is 66.5 cm³/mol. The van der Waals surface area contributed by atoms with Crippen LogP contribution < -0.4 is 5.56 Å². The molecule has 0 spiro atoms. The van der Waals surface area contributed by atoms with Gasteiger partial charge in [-0.1, -0.05) is 0 Å². The summed E-state index contributed by atoms with van der Waals surface area (Å²) in [6, 6.07) is 3.76. The second-order valence-electron chi connectivity index (χ2n) is 3.76. The summed E-state index contributed by atoms with van der Waals surface area (Å²) in [5.74, 6) is 0. The molecule has 3 aromatic rings. The molecule has 3 heterocycles. The monoisotopic (exact) mass is 261 g/mol. The molecule has 1 N–H and O–H groups in total. The highest BCUT2D eigenvalue weighted by Gasteiger charge is 2.09. The van der Waals surface area contributed by atoms with E-state index in [1.807, 2.05) is 12.1 Å². The average Bonchev–Trinajstić information content (AvgIpc) is 2.73. The molecule has 0 aliphatic carbocycles. The molecule has 0 aliphatic rings. The van der Waals surface area contributed by atoms with Crippen molar-refractivity contribution in [2.24, 2.45) is 0 Å². The second-order valence-corrected chi connectivity index (χ2v) is 4.11. The van der Waals surface area contributed by atoms with Gasteiger partial charge in [-0.05, 0) is 29.3 Å². The Morgan fingerprint density at radius 2 is 2.11 bits per heavy atom. The Morgan fingerprint density at radius 1 is 1.33 bits per heavy atom. The third-order valence-electron chi connectivity index (χ3n) is 2.56. The Kier molecular flexibility index (Phi) is 2.56. The van der Waals surface area contributed by atoms with Gasteiger partial charge < -0.3 is 4.57 Å². The number of H-pyrrole nitrogens is 1. The van der Waals surface area contributed by atoms with Crippen molar-refractivity contribution in [3.05, 3.63) is 52.1 Å². The summed E-state index contributed by atoms with van der Waals surface area (Å²) in [5.41, 5.74) is 1.49. The fourth-order valence-electron chi connectivity index (χ4n) is 1.76. The van der Waals surface area contributed by atoms with Gasteiger partial charge >= 0.3 is 0 Å². The van der Waals surface area contributed by atoms with Crippen LogP contribution in [-0.2, 0) is 6.54 Å². The first-order valence-corrected chi connectivity index (χ1v) is 5.61. The summed E-state index contributed by atoms with van der Waals surface area (Å²) in [4.78, 5) is 26.2. The van der Waals surface area contributed by atoms with Gasteiger partial charge in [0.15, 0.2) is 11.2 Å². The Bertz CT molecular complexity index is 749. The highest BCUT2D eigenvalue weighted by Crippen LogP contribution is 2.10. The van der Waals surface area contributed by atoms with Crippen molar-refractivity contribution in [3.8, 4) is 0 Å². The molecule has 7 heteroatoms. The molecule has 0 aromatic carbocycles. The maximum Gasteiger partial charge on any atom is 0.278 e. The Labute approximate surface area is 106 Å². The molecular weight excluding hydrogens is 254 g/mol. The van der Waals surface area contributed by atoms with Gasteiger partial charge in [-0.15, -0.1) is 0 Å². The zero-order chi connectivity index (χ0) is 12.5. The lowest BCUT2D eigenvalue weighted by atomic mass is 10.3. The lowest BCUT2D eigenvalue weighted by Gasteiger charge is -2.02. The maximum absolute atomic E-state index is 11.8. The molecular formula is C11H8ClN5O. The van der Waals surface area contributed by atoms with E-state index in [1.54, 1.807) is 23.3 Å². The maximum atomic E-state index is 11.8. The van der Waals surface area contributed by atoms with E-state index >= 15 is 0 Å². The predicted octanol–water partition coefficient (Wildman–Crippen LogP) is 1.22. The van der Waals surface area contributed by atoms with Gasteiger partial charge in [0.1, 0.15) is 0 Å². The first-order valence-electron chi connectivity index (χ1n) is 5.23. The smallest absolute Gasteiger partial charge is 0.278 e. The second kappa shape index (κ2) is 4.23. The molecule has 18 heavy (non-hydrogen) atoms. The van der Waals surface area contributed by atoms with E-state index in [-0.39, 0.29) is 10.8 Å². The van der Waals surface area contributed by atoms with Crippen molar-refractivity contribution in [1.82, 2.24) is 24.5 Å². The molecule has 90 valence electrons. The number of pyridine rings is 1. The summed E-state index contributed by atoms with van der Waals surface area (Å²) in [7, 11) is 0. The van der Waals surface area contributed by atoms with E-state index in [4.69, 9.17) is 11.6 Å². The fourth-order valence-corrected chi connectivity index (χ4v) is 1.93. The Balaban J connectivity index is 2.11. The lowest BCUT2D eigenvalue weighted by molar-refractivity contribution is 0.817. The van der Waals surface area contributed by atoms with Gasteiger partial charge in [0.25, 0.3) is 5.56 Å². The SMILES string of the molecule is O=c1[nH]c(Cl)nc2ncn(Cc3ccncc3)c12. The van der Waals surface area contributed by atoms with Crippen molar-refractivity contribution in [3.63, 3.8) is 0 Å². The standard InChI is InChI=1S/C11H8ClN5O/c12-11-15-9-8(10(18)16-11)17(6-14-9)5-7-1-3-13-4-2-7/h1-4,6H,5H2,(H,15,16,18). The highest BCUT2D eigenvalue weighted by atomic mass is 35.5. The van der Waals surface area contributed by atoms with E-state index in [2.05, 4.69) is 19.9 Å². The van der Waals surface area contributed by atoms with Crippen LogP contribution in [0.3, 0.4) is 0 Å². The minimum absolute atomic E-state index is 0.0432. The summed E-state index contributed by atoms with van der Waals surface area (Å²) in [6.07, 6.45) is 4.98. The Hall–Kier alpha value is -2.21. The molecule has 3 aromatic heterocycles. The number of hydrogen-bond acceptors (Lipinski definition) is 4. The number of hydrogen-bond donors (Lipinski definition) is 1. The quantitative estimate of drug-likeness (QED) is 0.704. The van der Waals surface area contributed by atoms with Gasteiger partial charge in [-0.3, -0.25) is 14.8 Å². The zero-order valence-electron chi connectivity index (χ0n) is 9.17. The van der Waals surface area contributed by atoms with E-state index in [0.717, 1.165) is 5.56 Å². The first-order chi connectivity index (χ1) is 8.74. The number of aromatic nitrogens is 5. The number of rotatable bonds is 2. The summed E-state index contributed by atoms with van der Waals surface area (Å²) < 4.78 is 1.73. The van der Waals surface area contributed by atoms with Gasteiger partial charge in [0.2, 0.25) is 5.28 Å². The van der Waals surface area contributed by atoms with E-state index in [0.29, 0.717) is 17.7 Å². The summed E-state index contributed by atoms with van der Waals surface area (Å²) >= 11 is 5.67. The van der Waals surface area contributed by atoms with Crippen LogP contribution in [0.4, 0.5) is 0 Å². The van der Waals surface area contributed by atoms with Gasteiger partial charge in [0, 0.05) is 18.9 Å². The highest BCUT2D eigenvalue weighted by molar-refractivity contribution is 6.28. The van der Waals surface area contributed by atoms with Crippen molar-refractivity contribution < 1.29 is 0 Å². The lowest BCUT2D eigenvalue weighted by Crippen LogP contribution is -2.12. The first kappa shape index (κ1) is 10.9. The van der Waals surface area contributed by atoms with Crippen LogP contribution in [0.15, 0.2) is 35.6 Å². The van der Waals surface area contributed by atoms with Crippen LogP contribution in [0.25, 0.3) is 11.2 Å². The molecule has 0 aliphatic heterocycles. The zero-order valence-corrected chi connectivity index (χ0v) is 9.92. The van der Waals surface area contributed by atoms with Crippen molar-refractivity contribution >= 4 is 22.8 Å². The van der Waals surface area contributed by atoms with E-state index < -0.39 is 0 Å². The average molecular weight is 262 g/mol.